The minimum absolute atomic E-state index is 0.693. The Balaban J connectivity index is 4.29. The standard InChI is InChI=1S/C10H24O2P2/c1-5-13(11,6-2)9-10-14(12,7-3)8-4/h5-10H2,1-4H3. The van der Waals surface area contributed by atoms with Crippen LogP contribution in [-0.4, -0.2) is 37.0 Å². The van der Waals surface area contributed by atoms with Gasteiger partial charge in [-0.05, 0) is 24.6 Å². The lowest BCUT2D eigenvalue weighted by atomic mass is 10.9. The van der Waals surface area contributed by atoms with E-state index in [1.165, 1.54) is 0 Å². The monoisotopic (exact) mass is 238 g/mol. The van der Waals surface area contributed by atoms with Crippen molar-refractivity contribution in [2.24, 2.45) is 0 Å². The van der Waals surface area contributed by atoms with Gasteiger partial charge < -0.3 is 9.13 Å². The topological polar surface area (TPSA) is 34.1 Å². The molecule has 0 aliphatic rings. The number of hydrogen-bond acceptors (Lipinski definition) is 2. The first kappa shape index (κ1) is 14.5. The van der Waals surface area contributed by atoms with E-state index in [0.717, 1.165) is 24.6 Å². The summed E-state index contributed by atoms with van der Waals surface area (Å²) in [5.41, 5.74) is 0. The van der Waals surface area contributed by atoms with E-state index in [1.54, 1.807) is 0 Å². The van der Waals surface area contributed by atoms with Crippen molar-refractivity contribution in [3.8, 4) is 0 Å². The van der Waals surface area contributed by atoms with Gasteiger partial charge in [0.05, 0.1) is 14.3 Å². The molecule has 0 rings (SSSR count). The van der Waals surface area contributed by atoms with Crippen molar-refractivity contribution in [2.45, 2.75) is 27.7 Å². The van der Waals surface area contributed by atoms with Gasteiger partial charge in [0.2, 0.25) is 0 Å². The molecule has 0 unspecified atom stereocenters. The molecule has 0 N–H and O–H groups in total. The van der Waals surface area contributed by atoms with Crippen LogP contribution in [-0.2, 0) is 9.13 Å². The molecule has 0 aromatic carbocycles. The minimum Gasteiger partial charge on any atom is -0.324 e. The van der Waals surface area contributed by atoms with Gasteiger partial charge in [0.1, 0.15) is 0 Å². The first-order valence-electron chi connectivity index (χ1n) is 5.59. The van der Waals surface area contributed by atoms with Crippen molar-refractivity contribution in [1.29, 1.82) is 0 Å². The highest BCUT2D eigenvalue weighted by molar-refractivity contribution is 7.67. The Bertz CT molecular complexity index is 207. The van der Waals surface area contributed by atoms with E-state index in [1.807, 2.05) is 27.7 Å². The Hall–Kier alpha value is 0.460. The summed E-state index contributed by atoms with van der Waals surface area (Å²) in [7, 11) is -3.95. The molecule has 0 aliphatic heterocycles. The molecule has 86 valence electrons. The number of rotatable bonds is 7. The maximum Gasteiger partial charge on any atom is 0.0876 e. The maximum atomic E-state index is 12.1. The van der Waals surface area contributed by atoms with Crippen molar-refractivity contribution in [1.82, 2.24) is 0 Å². The highest BCUT2D eigenvalue weighted by atomic mass is 31.2. The second-order valence-electron chi connectivity index (χ2n) is 3.83. The lowest BCUT2D eigenvalue weighted by Gasteiger charge is -2.18. The molecule has 0 fully saturated rings. The Labute approximate surface area is 88.6 Å². The average molecular weight is 238 g/mol. The van der Waals surface area contributed by atoms with Crippen LogP contribution in [0.3, 0.4) is 0 Å². The van der Waals surface area contributed by atoms with Crippen molar-refractivity contribution in [2.75, 3.05) is 37.0 Å². The van der Waals surface area contributed by atoms with Crippen molar-refractivity contribution >= 4 is 14.3 Å². The van der Waals surface area contributed by atoms with Crippen LogP contribution in [0.25, 0.3) is 0 Å². The van der Waals surface area contributed by atoms with Gasteiger partial charge in [0, 0.05) is 12.3 Å². The molecule has 0 atom stereocenters. The molecule has 14 heavy (non-hydrogen) atoms. The third-order valence-corrected chi connectivity index (χ3v) is 10.3. The van der Waals surface area contributed by atoms with Gasteiger partial charge in [0.25, 0.3) is 0 Å². The van der Waals surface area contributed by atoms with E-state index in [9.17, 15) is 9.13 Å². The smallest absolute Gasteiger partial charge is 0.0876 e. The molecule has 0 aromatic rings. The Kier molecular flexibility index (Phi) is 6.33. The van der Waals surface area contributed by atoms with E-state index in [2.05, 4.69) is 0 Å². The lowest BCUT2D eigenvalue weighted by Crippen LogP contribution is -2.04. The predicted octanol–water partition coefficient (Wildman–Crippen LogP) is 3.79. The van der Waals surface area contributed by atoms with Gasteiger partial charge in [0.15, 0.2) is 0 Å². The first-order chi connectivity index (χ1) is 6.45. The van der Waals surface area contributed by atoms with Crippen LogP contribution in [0.5, 0.6) is 0 Å². The third kappa shape index (κ3) is 4.32. The zero-order chi connectivity index (χ0) is 11.2. The zero-order valence-corrected chi connectivity index (χ0v) is 11.7. The highest BCUT2D eigenvalue weighted by Gasteiger charge is 2.23. The largest absolute Gasteiger partial charge is 0.324 e. The Morgan fingerprint density at radius 2 is 0.857 bits per heavy atom. The summed E-state index contributed by atoms with van der Waals surface area (Å²) in [5, 5.41) is 0. The molecule has 4 heteroatoms. The van der Waals surface area contributed by atoms with Crippen molar-refractivity contribution in [3.05, 3.63) is 0 Å². The SMILES string of the molecule is CCP(=O)(CC)CCP(=O)(CC)CC. The minimum atomic E-state index is -1.98. The summed E-state index contributed by atoms with van der Waals surface area (Å²) >= 11 is 0. The van der Waals surface area contributed by atoms with Gasteiger partial charge >= 0.3 is 0 Å². The van der Waals surface area contributed by atoms with Crippen LogP contribution in [0.15, 0.2) is 0 Å². The molecule has 0 saturated heterocycles. The Morgan fingerprint density at radius 1 is 0.643 bits per heavy atom. The molecule has 0 spiro atoms. The van der Waals surface area contributed by atoms with Crippen LogP contribution in [0.2, 0.25) is 0 Å². The summed E-state index contributed by atoms with van der Waals surface area (Å²) in [6.45, 7) is 7.92. The lowest BCUT2D eigenvalue weighted by molar-refractivity contribution is 0.570. The van der Waals surface area contributed by atoms with Gasteiger partial charge in [-0.3, -0.25) is 0 Å². The second kappa shape index (κ2) is 6.13. The van der Waals surface area contributed by atoms with E-state index in [-0.39, 0.29) is 0 Å². The quantitative estimate of drug-likeness (QED) is 0.632. The molecule has 0 bridgehead atoms. The van der Waals surface area contributed by atoms with E-state index >= 15 is 0 Å². The molecular weight excluding hydrogens is 214 g/mol. The summed E-state index contributed by atoms with van der Waals surface area (Å²) < 4.78 is 24.2. The van der Waals surface area contributed by atoms with Gasteiger partial charge in [-0.1, -0.05) is 27.7 Å². The van der Waals surface area contributed by atoms with Crippen LogP contribution in [0, 0.1) is 0 Å². The zero-order valence-electron chi connectivity index (χ0n) is 9.95. The predicted molar refractivity (Wildman–Crippen MR) is 67.1 cm³/mol. The summed E-state index contributed by atoms with van der Waals surface area (Å²) in [6, 6.07) is 0. The average Bonchev–Trinajstić information content (AvgIpc) is 2.25. The van der Waals surface area contributed by atoms with Crippen LogP contribution >= 0.6 is 14.3 Å². The number of hydrogen-bond donors (Lipinski definition) is 0. The first-order valence-corrected chi connectivity index (χ1v) is 10.1. The van der Waals surface area contributed by atoms with Gasteiger partial charge in [-0.25, -0.2) is 0 Å². The summed E-state index contributed by atoms with van der Waals surface area (Å²) in [5.74, 6) is 0. The Morgan fingerprint density at radius 3 is 1.00 bits per heavy atom. The highest BCUT2D eigenvalue weighted by Crippen LogP contribution is 2.52. The molecule has 0 aromatic heterocycles. The van der Waals surface area contributed by atoms with E-state index < -0.39 is 14.3 Å². The molecular formula is C10H24O2P2. The summed E-state index contributed by atoms with van der Waals surface area (Å²) in [4.78, 5) is 0. The molecule has 0 heterocycles. The third-order valence-electron chi connectivity index (χ3n) is 3.22. The maximum absolute atomic E-state index is 12.1. The van der Waals surface area contributed by atoms with Crippen molar-refractivity contribution in [3.63, 3.8) is 0 Å². The fraction of sp³-hybridized carbons (Fsp3) is 1.00. The van der Waals surface area contributed by atoms with Crippen LogP contribution in [0.4, 0.5) is 0 Å². The summed E-state index contributed by atoms with van der Waals surface area (Å²) in [6.07, 6.45) is 4.43. The molecule has 0 saturated carbocycles. The van der Waals surface area contributed by atoms with E-state index in [0.29, 0.717) is 12.3 Å². The molecule has 0 aliphatic carbocycles. The second-order valence-corrected chi connectivity index (χ2v) is 11.5. The van der Waals surface area contributed by atoms with Crippen LogP contribution < -0.4 is 0 Å². The van der Waals surface area contributed by atoms with Gasteiger partial charge in [-0.2, -0.15) is 0 Å². The molecule has 2 nitrogen and oxygen atoms in total. The fourth-order valence-electron chi connectivity index (χ4n) is 1.44. The van der Waals surface area contributed by atoms with Gasteiger partial charge in [-0.15, -0.1) is 0 Å². The normalized spacial score (nSPS) is 13.1. The molecule has 0 radical (unpaired) electrons. The molecule has 0 amide bonds. The van der Waals surface area contributed by atoms with Crippen LogP contribution in [0.1, 0.15) is 27.7 Å². The fourth-order valence-corrected chi connectivity index (χ4v) is 6.52. The van der Waals surface area contributed by atoms with Crippen molar-refractivity contribution < 1.29 is 9.13 Å². The van der Waals surface area contributed by atoms with E-state index in [4.69, 9.17) is 0 Å².